The van der Waals surface area contributed by atoms with Crippen LogP contribution in [0.2, 0.25) is 0 Å². The molecule has 3 aliphatic heterocycles. The fraction of sp³-hybridized carbons (Fsp3) is 0.415. The molecular weight excluding hydrogens is 1020 g/mol. The molecule has 0 unspecified atom stereocenters. The molecule has 2 aromatic carbocycles. The number of Topliss-reactive ketones (excluding diaryl/α,β-unsaturated/α-hetero) is 1. The number of halogens is 1. The maximum atomic E-state index is 15.0. The van der Waals surface area contributed by atoms with Crippen molar-refractivity contribution in [1.82, 2.24) is 41.0 Å². The lowest BCUT2D eigenvalue weighted by Crippen LogP contribution is -2.52. The normalized spacial score (nSPS) is 15.6. The minimum atomic E-state index is -2.03. The van der Waals surface area contributed by atoms with E-state index in [1.807, 2.05) is 0 Å². The van der Waals surface area contributed by atoms with Crippen LogP contribution in [0.25, 0.3) is 22.3 Å². The second kappa shape index (κ2) is 26.4. The Labute approximate surface area is 445 Å². The predicted octanol–water partition coefficient (Wildman–Crippen LogP) is 0.998. The molecule has 6 N–H and O–H groups in total. The fourth-order valence-electron chi connectivity index (χ4n) is 8.77. The first-order valence-corrected chi connectivity index (χ1v) is 26.1. The van der Waals surface area contributed by atoms with Crippen LogP contribution in [0.15, 0.2) is 65.5 Å². The summed E-state index contributed by atoms with van der Waals surface area (Å²) in [6.07, 6.45) is 2.05. The number of hydrogen-bond acceptors (Lipinski definition) is 16. The number of ether oxygens (including phenoxy) is 3. The van der Waals surface area contributed by atoms with Gasteiger partial charge in [-0.3, -0.25) is 48.1 Å². The number of cyclic esters (lactones) is 1. The number of aryl methyl sites for hydroxylation is 1. The highest BCUT2D eigenvalue weighted by atomic mass is 32.2. The highest BCUT2D eigenvalue weighted by Gasteiger charge is 2.45. The number of nitrogens with zero attached hydrogens (tertiary/aromatic N) is 3. The zero-order valence-corrected chi connectivity index (χ0v) is 43.3. The summed E-state index contributed by atoms with van der Waals surface area (Å²) in [6, 6.07) is 12.3. The highest BCUT2D eigenvalue weighted by Crippen LogP contribution is 2.41. The lowest BCUT2D eigenvalue weighted by Gasteiger charge is -2.31. The minimum Gasteiger partial charge on any atom is -0.458 e. The van der Waals surface area contributed by atoms with E-state index < -0.39 is 77.5 Å². The average Bonchev–Trinajstić information content (AvgIpc) is 4.14. The molecule has 7 amide bonds. The van der Waals surface area contributed by atoms with Gasteiger partial charge in [0.15, 0.2) is 5.60 Å². The van der Waals surface area contributed by atoms with Crippen molar-refractivity contribution < 1.29 is 66.9 Å². The first kappa shape index (κ1) is 57.0. The second-order valence-corrected chi connectivity index (χ2v) is 19.3. The molecule has 77 heavy (non-hydrogen) atoms. The monoisotopic (exact) mass is 1080 g/mol. The van der Waals surface area contributed by atoms with Gasteiger partial charge in [0.1, 0.15) is 24.2 Å². The van der Waals surface area contributed by atoms with Crippen LogP contribution in [-0.4, -0.2) is 137 Å². The van der Waals surface area contributed by atoms with Crippen molar-refractivity contribution in [3.8, 4) is 11.4 Å². The van der Waals surface area contributed by atoms with E-state index in [2.05, 4.69) is 26.6 Å². The molecule has 2 atom stereocenters. The van der Waals surface area contributed by atoms with Gasteiger partial charge in [-0.05, 0) is 42.2 Å². The number of carbonyl (C=O) groups is 9. The molecule has 0 spiro atoms. The topological polar surface area (TPSA) is 300 Å². The Bertz CT molecular complexity index is 3040. The van der Waals surface area contributed by atoms with Gasteiger partial charge >= 0.3 is 5.97 Å². The molecule has 22 nitrogen and oxygen atoms in total. The summed E-state index contributed by atoms with van der Waals surface area (Å²) in [7, 11) is 0. The van der Waals surface area contributed by atoms with Crippen LogP contribution in [0.4, 0.5) is 4.39 Å². The van der Waals surface area contributed by atoms with Crippen LogP contribution < -0.4 is 32.1 Å². The Kier molecular flexibility index (Phi) is 19.6. The summed E-state index contributed by atoms with van der Waals surface area (Å²) < 4.78 is 32.4. The minimum absolute atomic E-state index is 0.0175. The molecule has 2 aromatic heterocycles. The van der Waals surface area contributed by atoms with E-state index in [1.54, 1.807) is 56.3 Å². The van der Waals surface area contributed by atoms with Crippen LogP contribution in [0.1, 0.15) is 72.4 Å². The van der Waals surface area contributed by atoms with E-state index >= 15 is 0 Å². The Hall–Kier alpha value is -7.67. The standard InChI is InChI=1S/C53H59FN8O14S/c1-3-53(73)38-23-42-49-35(27-62(42)51(71)36(38)28-76-52(53)72)37(34-21-31(2)39(54)24-40(34)60-49)29-77-30-58-45(66)25-57-50(70)41(22-32-7-5-4-6-8-32)59-46(67)26-56-43(64)10-9-33(63)14-17-74-19-20-75-18-15-55-44(65)13-16-61-47(68)11-12-48(61)69/h4-8,11-12,21,23-24,41,73H,3,9-10,13-20,22,25-30H2,1-2H3,(H,55,65)(H,56,64)(H,57,70)(H,58,66)(H,59,67)/t41-,53-/m0/s1. The zero-order valence-electron chi connectivity index (χ0n) is 42.5. The Balaban J connectivity index is 0.819. The van der Waals surface area contributed by atoms with E-state index in [0.717, 1.165) is 22.6 Å². The van der Waals surface area contributed by atoms with Crippen molar-refractivity contribution in [3.63, 3.8) is 0 Å². The van der Waals surface area contributed by atoms with Gasteiger partial charge in [0.25, 0.3) is 17.4 Å². The number of aliphatic hydroxyl groups is 1. The number of carbonyl (C=O) groups excluding carboxylic acids is 9. The maximum absolute atomic E-state index is 15.0. The number of hydrogen-bond donors (Lipinski definition) is 6. The summed E-state index contributed by atoms with van der Waals surface area (Å²) in [5.74, 6) is -4.90. The van der Waals surface area contributed by atoms with Crippen molar-refractivity contribution in [2.45, 2.75) is 82.9 Å². The number of ketones is 1. The molecule has 0 saturated heterocycles. The lowest BCUT2D eigenvalue weighted by molar-refractivity contribution is -0.172. The number of rotatable bonds is 28. The van der Waals surface area contributed by atoms with E-state index in [9.17, 15) is 57.4 Å². The van der Waals surface area contributed by atoms with E-state index in [0.29, 0.717) is 39.0 Å². The molecule has 7 rings (SSSR count). The third-order valence-electron chi connectivity index (χ3n) is 13.1. The number of esters is 1. The summed E-state index contributed by atoms with van der Waals surface area (Å²) in [5, 5.41) is 25.0. The Morgan fingerprint density at radius 1 is 0.831 bits per heavy atom. The smallest absolute Gasteiger partial charge is 0.343 e. The Morgan fingerprint density at radius 2 is 1.55 bits per heavy atom. The van der Waals surface area contributed by atoms with E-state index in [-0.39, 0.29) is 126 Å². The Morgan fingerprint density at radius 3 is 2.29 bits per heavy atom. The van der Waals surface area contributed by atoms with Gasteiger partial charge < -0.3 is 50.5 Å². The number of pyridine rings is 2. The number of imide groups is 1. The van der Waals surface area contributed by atoms with Crippen molar-refractivity contribution in [1.29, 1.82) is 0 Å². The fourth-order valence-corrected chi connectivity index (χ4v) is 9.67. The van der Waals surface area contributed by atoms with Gasteiger partial charge in [0.2, 0.25) is 29.5 Å². The average molecular weight is 1080 g/mol. The van der Waals surface area contributed by atoms with Gasteiger partial charge in [0, 0.05) is 85.7 Å². The number of benzene rings is 2. The first-order valence-electron chi connectivity index (χ1n) is 25.0. The van der Waals surface area contributed by atoms with Gasteiger partial charge in [-0.1, -0.05) is 37.3 Å². The van der Waals surface area contributed by atoms with Crippen LogP contribution in [-0.2, 0) is 88.3 Å². The third-order valence-corrected chi connectivity index (χ3v) is 13.9. The third kappa shape index (κ3) is 14.4. The molecule has 0 radical (unpaired) electrons. The molecule has 0 saturated carbocycles. The molecule has 408 valence electrons. The molecule has 4 aromatic rings. The van der Waals surface area contributed by atoms with Gasteiger partial charge in [-0.15, -0.1) is 11.8 Å². The van der Waals surface area contributed by atoms with E-state index in [4.69, 9.17) is 19.2 Å². The van der Waals surface area contributed by atoms with Crippen molar-refractivity contribution in [3.05, 3.63) is 110 Å². The van der Waals surface area contributed by atoms with Gasteiger partial charge in [-0.2, -0.15) is 0 Å². The summed E-state index contributed by atoms with van der Waals surface area (Å²) in [5.41, 5.74) is 1.45. The number of nitrogens with one attached hydrogen (secondary N) is 5. The highest BCUT2D eigenvalue weighted by molar-refractivity contribution is 7.98. The molecule has 0 aliphatic carbocycles. The number of aromatic nitrogens is 2. The van der Waals surface area contributed by atoms with Gasteiger partial charge in [-0.25, -0.2) is 14.2 Å². The van der Waals surface area contributed by atoms with E-state index in [1.165, 1.54) is 22.4 Å². The maximum Gasteiger partial charge on any atom is 0.343 e. The summed E-state index contributed by atoms with van der Waals surface area (Å²) in [4.78, 5) is 132. The summed E-state index contributed by atoms with van der Waals surface area (Å²) in [6.45, 7) is 2.98. The predicted molar refractivity (Wildman–Crippen MR) is 276 cm³/mol. The van der Waals surface area contributed by atoms with Crippen molar-refractivity contribution >= 4 is 75.8 Å². The van der Waals surface area contributed by atoms with Crippen LogP contribution in [0.5, 0.6) is 0 Å². The lowest BCUT2D eigenvalue weighted by atomic mass is 9.86. The summed E-state index contributed by atoms with van der Waals surface area (Å²) >= 11 is 1.31. The zero-order chi connectivity index (χ0) is 55.2. The van der Waals surface area contributed by atoms with Crippen LogP contribution in [0, 0.1) is 12.7 Å². The second-order valence-electron chi connectivity index (χ2n) is 18.3. The molecule has 3 aliphatic rings. The molecule has 0 bridgehead atoms. The number of amides is 7. The van der Waals surface area contributed by atoms with Crippen molar-refractivity contribution in [2.24, 2.45) is 0 Å². The quantitative estimate of drug-likeness (QED) is 0.0176. The molecule has 0 fully saturated rings. The first-order chi connectivity index (χ1) is 37.0. The van der Waals surface area contributed by atoms with Crippen molar-refractivity contribution in [2.75, 3.05) is 58.5 Å². The van der Waals surface area contributed by atoms with Crippen LogP contribution in [0.3, 0.4) is 0 Å². The van der Waals surface area contributed by atoms with Gasteiger partial charge in [0.05, 0.1) is 74.4 Å². The molecular formula is C53H59FN8O14S. The SMILES string of the molecule is CC[C@@]1(O)C(=O)OCc2c1cc1n(c2=O)Cc2c-1nc1cc(F)c(C)cc1c2CSCNC(=O)CNC(=O)[C@H](Cc1ccccc1)NC(=O)CNC(=O)CCC(=O)CCOCCOCCNC(=O)CCN1C(=O)C=CC1=O. The number of thioether (sulfide) groups is 1. The van der Waals surface area contributed by atoms with Crippen LogP contribution >= 0.6 is 11.8 Å². The molecule has 24 heteroatoms. The largest absolute Gasteiger partial charge is 0.458 e. The number of fused-ring (bicyclic) bond motifs is 5. The molecule has 5 heterocycles.